The normalized spacial score (nSPS) is 13.0. The van der Waals surface area contributed by atoms with Crippen LogP contribution in [0.1, 0.15) is 37.6 Å². The molecule has 26 heavy (non-hydrogen) atoms. The first kappa shape index (κ1) is 18.0. The van der Waals surface area contributed by atoms with Crippen molar-refractivity contribution in [1.29, 1.82) is 0 Å². The number of hydrogen-bond donors (Lipinski definition) is 1. The van der Waals surface area contributed by atoms with E-state index in [0.29, 0.717) is 37.2 Å². The fraction of sp³-hybridized carbons (Fsp3) is 0.400. The summed E-state index contributed by atoms with van der Waals surface area (Å²) in [6, 6.07) is 5.85. The van der Waals surface area contributed by atoms with E-state index in [2.05, 4.69) is 28.8 Å². The van der Waals surface area contributed by atoms with Gasteiger partial charge in [-0.1, -0.05) is 32.1 Å². The summed E-state index contributed by atoms with van der Waals surface area (Å²) in [7, 11) is 0. The third-order valence-corrected chi connectivity index (χ3v) is 4.02. The molecule has 0 fully saturated rings. The fourth-order valence-corrected chi connectivity index (χ4v) is 2.62. The van der Waals surface area contributed by atoms with Gasteiger partial charge in [-0.05, 0) is 18.6 Å². The van der Waals surface area contributed by atoms with E-state index in [1.54, 1.807) is 12.3 Å². The number of ether oxygens (including phenoxy) is 3. The van der Waals surface area contributed by atoms with E-state index >= 15 is 0 Å². The molecule has 0 bridgehead atoms. The summed E-state index contributed by atoms with van der Waals surface area (Å²) in [6.07, 6.45) is 6.34. The Kier molecular flexibility index (Phi) is 6.30. The highest BCUT2D eigenvalue weighted by molar-refractivity contribution is 5.53. The van der Waals surface area contributed by atoms with E-state index in [-0.39, 0.29) is 0 Å². The number of nitrogens with one attached hydrogen (secondary N) is 1. The lowest BCUT2D eigenvalue weighted by Crippen LogP contribution is -2.08. The maximum Gasteiger partial charge on any atom is 0.180 e. The Labute approximate surface area is 154 Å². The number of rotatable bonds is 8. The zero-order chi connectivity index (χ0) is 18.2. The van der Waals surface area contributed by atoms with Crippen molar-refractivity contribution in [3.63, 3.8) is 0 Å². The molecule has 1 aliphatic heterocycles. The molecule has 0 saturated heterocycles. The third-order valence-electron chi connectivity index (χ3n) is 4.02. The molecule has 1 N–H and O–H groups in total. The van der Waals surface area contributed by atoms with Gasteiger partial charge in [0.15, 0.2) is 28.9 Å². The highest BCUT2D eigenvalue weighted by Crippen LogP contribution is 2.34. The summed E-state index contributed by atoms with van der Waals surface area (Å²) in [4.78, 5) is 8.71. The van der Waals surface area contributed by atoms with Crippen LogP contribution in [0.5, 0.6) is 17.2 Å². The molecule has 6 heteroatoms. The number of aromatic nitrogens is 2. The van der Waals surface area contributed by atoms with Gasteiger partial charge in [0.25, 0.3) is 0 Å². The van der Waals surface area contributed by atoms with Crippen LogP contribution in [0.15, 0.2) is 31.0 Å². The molecule has 1 aromatic carbocycles. The minimum Gasteiger partial charge on any atom is -0.490 e. The monoisotopic (exact) mass is 355 g/mol. The second kappa shape index (κ2) is 9.08. The minimum absolute atomic E-state index is 0.353. The van der Waals surface area contributed by atoms with Crippen LogP contribution in [0.4, 0.5) is 5.82 Å². The van der Waals surface area contributed by atoms with Crippen molar-refractivity contribution < 1.29 is 14.2 Å². The number of benzene rings is 1. The van der Waals surface area contributed by atoms with Gasteiger partial charge in [-0.25, -0.2) is 9.97 Å². The van der Waals surface area contributed by atoms with Crippen molar-refractivity contribution in [2.75, 3.05) is 25.1 Å². The minimum atomic E-state index is 0.353. The number of unbranched alkanes of at least 4 members (excludes halogenated alkanes) is 1. The predicted molar refractivity (Wildman–Crippen MR) is 102 cm³/mol. The molecule has 0 atom stereocenters. The van der Waals surface area contributed by atoms with Crippen LogP contribution in [-0.4, -0.2) is 29.7 Å². The van der Waals surface area contributed by atoms with E-state index in [9.17, 15) is 0 Å². The molecule has 1 aromatic heterocycles. The topological polar surface area (TPSA) is 65.5 Å². The molecule has 0 amide bonds. The molecule has 0 aliphatic carbocycles. The maximum absolute atomic E-state index is 6.00. The van der Waals surface area contributed by atoms with Crippen LogP contribution in [0.3, 0.4) is 0 Å². The molecule has 3 rings (SSSR count). The second-order valence-electron chi connectivity index (χ2n) is 6.01. The number of fused-ring (bicyclic) bond motifs is 1. The van der Waals surface area contributed by atoms with Crippen molar-refractivity contribution >= 4 is 11.9 Å². The molecular formula is C20H25N3O3. The molecule has 2 aromatic rings. The Hall–Kier alpha value is -2.76. The lowest BCUT2D eigenvalue weighted by molar-refractivity contribution is 0.279. The van der Waals surface area contributed by atoms with Gasteiger partial charge >= 0.3 is 0 Å². The summed E-state index contributed by atoms with van der Waals surface area (Å²) in [6.45, 7) is 8.37. The van der Waals surface area contributed by atoms with Crippen molar-refractivity contribution in [3.8, 4) is 17.2 Å². The summed E-state index contributed by atoms with van der Waals surface area (Å²) in [5, 5.41) is 3.32. The summed E-state index contributed by atoms with van der Waals surface area (Å²) in [5.74, 6) is 3.39. The summed E-state index contributed by atoms with van der Waals surface area (Å²) < 4.78 is 17.6. The van der Waals surface area contributed by atoms with Crippen molar-refractivity contribution in [3.05, 3.63) is 42.4 Å². The van der Waals surface area contributed by atoms with Gasteiger partial charge in [-0.2, -0.15) is 0 Å². The van der Waals surface area contributed by atoms with Crippen molar-refractivity contribution in [2.45, 2.75) is 32.8 Å². The maximum atomic E-state index is 6.00. The number of hydrogen-bond acceptors (Lipinski definition) is 6. The summed E-state index contributed by atoms with van der Waals surface area (Å²) >= 11 is 0. The van der Waals surface area contributed by atoms with Gasteiger partial charge in [0.2, 0.25) is 0 Å². The lowest BCUT2D eigenvalue weighted by Gasteiger charge is -2.15. The van der Waals surface area contributed by atoms with Gasteiger partial charge in [-0.3, -0.25) is 0 Å². The zero-order valence-electron chi connectivity index (χ0n) is 15.2. The Bertz CT molecular complexity index is 749. The second-order valence-corrected chi connectivity index (χ2v) is 6.01. The standard InChI is InChI=1S/C20H25N3O3/c1-3-5-10-21-20-17(13-22-18(4-2)23-20)26-14-15-8-6-9-16-19(15)25-12-7-11-24-16/h4,6,8-9,13H,2-3,5,7,10-12,14H2,1H3,(H,21,22,23). The lowest BCUT2D eigenvalue weighted by atomic mass is 10.2. The number of anilines is 1. The van der Waals surface area contributed by atoms with Crippen LogP contribution in [0.2, 0.25) is 0 Å². The number of para-hydroxylation sites is 1. The first-order valence-corrected chi connectivity index (χ1v) is 9.05. The smallest absolute Gasteiger partial charge is 0.180 e. The Morgan fingerprint density at radius 2 is 2.19 bits per heavy atom. The average molecular weight is 355 g/mol. The van der Waals surface area contributed by atoms with Gasteiger partial charge < -0.3 is 19.5 Å². The van der Waals surface area contributed by atoms with Gasteiger partial charge in [0, 0.05) is 18.5 Å². The molecular weight excluding hydrogens is 330 g/mol. The molecule has 6 nitrogen and oxygen atoms in total. The van der Waals surface area contributed by atoms with Crippen LogP contribution >= 0.6 is 0 Å². The molecule has 0 spiro atoms. The summed E-state index contributed by atoms with van der Waals surface area (Å²) in [5.41, 5.74) is 0.941. The van der Waals surface area contributed by atoms with Crippen LogP contribution in [0, 0.1) is 0 Å². The molecule has 0 saturated carbocycles. The quantitative estimate of drug-likeness (QED) is 0.720. The SMILES string of the molecule is C=Cc1ncc(OCc2cccc3c2OCCCO3)c(NCCCC)n1. The first-order chi connectivity index (χ1) is 12.8. The van der Waals surface area contributed by atoms with E-state index in [1.165, 1.54) is 0 Å². The Balaban J connectivity index is 1.76. The zero-order valence-corrected chi connectivity index (χ0v) is 15.2. The average Bonchev–Trinajstić information content (AvgIpc) is 2.93. The molecule has 138 valence electrons. The highest BCUT2D eigenvalue weighted by Gasteiger charge is 2.16. The van der Waals surface area contributed by atoms with E-state index in [0.717, 1.165) is 42.9 Å². The molecule has 0 radical (unpaired) electrons. The predicted octanol–water partition coefficient (Wildman–Crippen LogP) is 4.07. The third kappa shape index (κ3) is 4.45. The Morgan fingerprint density at radius 3 is 3.04 bits per heavy atom. The number of nitrogens with zero attached hydrogens (tertiary/aromatic N) is 2. The van der Waals surface area contributed by atoms with Crippen LogP contribution in [0.25, 0.3) is 6.08 Å². The van der Waals surface area contributed by atoms with E-state index < -0.39 is 0 Å². The van der Waals surface area contributed by atoms with Crippen molar-refractivity contribution in [1.82, 2.24) is 9.97 Å². The van der Waals surface area contributed by atoms with Gasteiger partial charge in [0.05, 0.1) is 19.4 Å². The van der Waals surface area contributed by atoms with Crippen molar-refractivity contribution in [2.24, 2.45) is 0 Å². The van der Waals surface area contributed by atoms with Crippen LogP contribution in [-0.2, 0) is 6.61 Å². The van der Waals surface area contributed by atoms with E-state index in [1.807, 2.05) is 18.2 Å². The molecule has 2 heterocycles. The first-order valence-electron chi connectivity index (χ1n) is 9.05. The largest absolute Gasteiger partial charge is 0.490 e. The molecule has 0 unspecified atom stereocenters. The Morgan fingerprint density at radius 1 is 1.31 bits per heavy atom. The molecule has 1 aliphatic rings. The fourth-order valence-electron chi connectivity index (χ4n) is 2.62. The van der Waals surface area contributed by atoms with Gasteiger partial charge in [-0.15, -0.1) is 0 Å². The van der Waals surface area contributed by atoms with E-state index in [4.69, 9.17) is 14.2 Å². The van der Waals surface area contributed by atoms with Gasteiger partial charge in [0.1, 0.15) is 6.61 Å². The van der Waals surface area contributed by atoms with Crippen LogP contribution < -0.4 is 19.5 Å². The highest BCUT2D eigenvalue weighted by atomic mass is 16.5.